The Morgan fingerprint density at radius 3 is 2.07 bits per heavy atom. The Morgan fingerprint density at radius 2 is 1.57 bits per heavy atom. The lowest BCUT2D eigenvalue weighted by molar-refractivity contribution is -0.136. The Bertz CT molecular complexity index is 818. The second kappa shape index (κ2) is 10.1. The van der Waals surface area contributed by atoms with Gasteiger partial charge in [0.2, 0.25) is 11.8 Å². The Kier molecular flexibility index (Phi) is 8.17. The topological polar surface area (TPSA) is 49.4 Å². The van der Waals surface area contributed by atoms with Crippen LogP contribution in [0.4, 0.5) is 5.69 Å². The van der Waals surface area contributed by atoms with Gasteiger partial charge in [-0.2, -0.15) is 0 Å². The number of anilines is 1. The summed E-state index contributed by atoms with van der Waals surface area (Å²) in [5.41, 5.74) is 1.22. The minimum absolute atomic E-state index is 0.0591. The molecule has 1 unspecified atom stereocenters. The molecule has 1 N–H and O–H groups in total. The van der Waals surface area contributed by atoms with Gasteiger partial charge in [-0.1, -0.05) is 66.8 Å². The molecule has 2 rings (SSSR count). The average molecular weight is 442 g/mol. The lowest BCUT2D eigenvalue weighted by Crippen LogP contribution is -2.41. The molecule has 0 radical (unpaired) electrons. The van der Waals surface area contributed by atoms with E-state index in [1.807, 2.05) is 32.9 Å². The minimum Gasteiger partial charge on any atom is -0.333 e. The SMILES string of the molecule is CCN(CC(=O)Nc1c(Cl)cccc1Cl)C(=O)C(c1ccc(Cl)cc1)C(C)C. The number of amides is 2. The fourth-order valence-electron chi connectivity index (χ4n) is 2.99. The summed E-state index contributed by atoms with van der Waals surface area (Å²) in [4.78, 5) is 27.2. The highest BCUT2D eigenvalue weighted by Gasteiger charge is 2.29. The van der Waals surface area contributed by atoms with Gasteiger partial charge in [-0.3, -0.25) is 9.59 Å². The molecule has 0 fully saturated rings. The van der Waals surface area contributed by atoms with Crippen molar-refractivity contribution in [1.29, 1.82) is 0 Å². The third kappa shape index (κ3) is 5.63. The average Bonchev–Trinajstić information content (AvgIpc) is 2.64. The van der Waals surface area contributed by atoms with Crippen molar-refractivity contribution < 1.29 is 9.59 Å². The van der Waals surface area contributed by atoms with Crippen LogP contribution in [0.25, 0.3) is 0 Å². The summed E-state index contributed by atoms with van der Waals surface area (Å²) < 4.78 is 0. The van der Waals surface area contributed by atoms with Gasteiger partial charge in [0.25, 0.3) is 0 Å². The lowest BCUT2D eigenvalue weighted by Gasteiger charge is -2.28. The molecule has 0 saturated heterocycles. The Labute approximate surface area is 180 Å². The number of para-hydroxylation sites is 1. The Hall–Kier alpha value is -1.75. The highest BCUT2D eigenvalue weighted by molar-refractivity contribution is 6.39. The molecule has 4 nitrogen and oxygen atoms in total. The van der Waals surface area contributed by atoms with E-state index in [9.17, 15) is 9.59 Å². The maximum absolute atomic E-state index is 13.2. The third-order valence-electron chi connectivity index (χ3n) is 4.42. The van der Waals surface area contributed by atoms with Gasteiger partial charge in [0.1, 0.15) is 0 Å². The molecule has 0 aliphatic heterocycles. The van der Waals surface area contributed by atoms with Crippen molar-refractivity contribution in [1.82, 2.24) is 4.90 Å². The summed E-state index contributed by atoms with van der Waals surface area (Å²) >= 11 is 18.2. The summed E-state index contributed by atoms with van der Waals surface area (Å²) in [5.74, 6) is -0.776. The Morgan fingerprint density at radius 1 is 1.00 bits per heavy atom. The number of carbonyl (C=O) groups excluding carboxylic acids is 2. The quantitative estimate of drug-likeness (QED) is 0.584. The zero-order valence-corrected chi connectivity index (χ0v) is 18.3. The minimum atomic E-state index is -0.367. The molecule has 2 aromatic carbocycles. The molecule has 0 heterocycles. The summed E-state index contributed by atoms with van der Waals surface area (Å²) in [6.45, 7) is 6.11. The van der Waals surface area contributed by atoms with E-state index < -0.39 is 0 Å². The van der Waals surface area contributed by atoms with E-state index >= 15 is 0 Å². The monoisotopic (exact) mass is 440 g/mol. The van der Waals surface area contributed by atoms with Crippen molar-refractivity contribution in [2.75, 3.05) is 18.4 Å². The number of hydrogen-bond donors (Lipinski definition) is 1. The zero-order chi connectivity index (χ0) is 20.8. The number of halogens is 3. The molecule has 2 aromatic rings. The first-order valence-electron chi connectivity index (χ1n) is 9.02. The van der Waals surface area contributed by atoms with E-state index in [0.717, 1.165) is 5.56 Å². The van der Waals surface area contributed by atoms with Crippen LogP contribution in [0.15, 0.2) is 42.5 Å². The first-order chi connectivity index (χ1) is 13.2. The van der Waals surface area contributed by atoms with E-state index in [-0.39, 0.29) is 30.2 Å². The van der Waals surface area contributed by atoms with Crippen LogP contribution in [-0.2, 0) is 9.59 Å². The van der Waals surface area contributed by atoms with Gasteiger partial charge in [0, 0.05) is 11.6 Å². The molecule has 0 aromatic heterocycles. The molecular formula is C21H23Cl3N2O2. The van der Waals surface area contributed by atoms with Crippen LogP contribution in [0.1, 0.15) is 32.3 Å². The fraction of sp³-hybridized carbons (Fsp3) is 0.333. The molecular weight excluding hydrogens is 419 g/mol. The largest absolute Gasteiger partial charge is 0.333 e. The van der Waals surface area contributed by atoms with Crippen molar-refractivity contribution in [3.05, 3.63) is 63.1 Å². The standard InChI is InChI=1S/C21H23Cl3N2O2/c1-4-26(12-18(27)25-20-16(23)6-5-7-17(20)24)21(28)19(13(2)3)14-8-10-15(22)11-9-14/h5-11,13,19H,4,12H2,1-3H3,(H,25,27). The number of hydrogen-bond acceptors (Lipinski definition) is 2. The summed E-state index contributed by atoms with van der Waals surface area (Å²) in [6.07, 6.45) is 0. The van der Waals surface area contributed by atoms with Gasteiger partial charge in [-0.25, -0.2) is 0 Å². The van der Waals surface area contributed by atoms with E-state index in [0.29, 0.717) is 27.3 Å². The fourth-order valence-corrected chi connectivity index (χ4v) is 3.61. The zero-order valence-electron chi connectivity index (χ0n) is 16.0. The molecule has 28 heavy (non-hydrogen) atoms. The van der Waals surface area contributed by atoms with Crippen LogP contribution >= 0.6 is 34.8 Å². The van der Waals surface area contributed by atoms with Crippen LogP contribution in [0.5, 0.6) is 0 Å². The summed E-state index contributed by atoms with van der Waals surface area (Å²) in [7, 11) is 0. The van der Waals surface area contributed by atoms with Gasteiger partial charge < -0.3 is 10.2 Å². The molecule has 0 saturated carbocycles. The van der Waals surface area contributed by atoms with E-state index in [2.05, 4.69) is 5.32 Å². The Balaban J connectivity index is 2.17. The van der Waals surface area contributed by atoms with Crippen molar-refractivity contribution in [2.24, 2.45) is 5.92 Å². The lowest BCUT2D eigenvalue weighted by atomic mass is 9.87. The molecule has 2 amide bonds. The highest BCUT2D eigenvalue weighted by atomic mass is 35.5. The van der Waals surface area contributed by atoms with Gasteiger partial charge in [-0.15, -0.1) is 0 Å². The van der Waals surface area contributed by atoms with Gasteiger partial charge in [0.15, 0.2) is 0 Å². The van der Waals surface area contributed by atoms with Crippen molar-refractivity contribution >= 4 is 52.3 Å². The summed E-state index contributed by atoms with van der Waals surface area (Å²) in [6, 6.07) is 12.2. The molecule has 150 valence electrons. The van der Waals surface area contributed by atoms with Crippen molar-refractivity contribution in [3.63, 3.8) is 0 Å². The van der Waals surface area contributed by atoms with Crippen molar-refractivity contribution in [3.8, 4) is 0 Å². The van der Waals surface area contributed by atoms with Gasteiger partial charge >= 0.3 is 0 Å². The molecule has 7 heteroatoms. The van der Waals surface area contributed by atoms with Crippen LogP contribution in [-0.4, -0.2) is 29.8 Å². The van der Waals surface area contributed by atoms with Crippen LogP contribution in [0.3, 0.4) is 0 Å². The van der Waals surface area contributed by atoms with Crippen molar-refractivity contribution in [2.45, 2.75) is 26.7 Å². The molecule has 0 aliphatic rings. The van der Waals surface area contributed by atoms with E-state index in [4.69, 9.17) is 34.8 Å². The van der Waals surface area contributed by atoms with E-state index in [1.165, 1.54) is 4.90 Å². The number of benzene rings is 2. The number of nitrogens with zero attached hydrogens (tertiary/aromatic N) is 1. The third-order valence-corrected chi connectivity index (χ3v) is 5.30. The van der Waals surface area contributed by atoms with Crippen LogP contribution in [0, 0.1) is 5.92 Å². The maximum Gasteiger partial charge on any atom is 0.244 e. The van der Waals surface area contributed by atoms with E-state index in [1.54, 1.807) is 30.3 Å². The van der Waals surface area contributed by atoms with Crippen LogP contribution < -0.4 is 5.32 Å². The first kappa shape index (κ1) is 22.5. The predicted octanol–water partition coefficient (Wildman–Crippen LogP) is 5.87. The summed E-state index contributed by atoms with van der Waals surface area (Å²) in [5, 5.41) is 4.00. The number of likely N-dealkylation sites (N-methyl/N-ethyl adjacent to an activating group) is 1. The predicted molar refractivity (Wildman–Crippen MR) is 116 cm³/mol. The highest BCUT2D eigenvalue weighted by Crippen LogP contribution is 2.30. The number of rotatable bonds is 7. The second-order valence-electron chi connectivity index (χ2n) is 6.77. The maximum atomic E-state index is 13.2. The second-order valence-corrected chi connectivity index (χ2v) is 8.02. The number of nitrogens with one attached hydrogen (secondary N) is 1. The van der Waals surface area contributed by atoms with Gasteiger partial charge in [0.05, 0.1) is 28.2 Å². The molecule has 0 spiro atoms. The number of carbonyl (C=O) groups is 2. The first-order valence-corrected chi connectivity index (χ1v) is 10.2. The smallest absolute Gasteiger partial charge is 0.244 e. The molecule has 0 aliphatic carbocycles. The van der Waals surface area contributed by atoms with Gasteiger partial charge in [-0.05, 0) is 42.7 Å². The molecule has 1 atom stereocenters. The van der Waals surface area contributed by atoms with Crippen LogP contribution in [0.2, 0.25) is 15.1 Å². The normalized spacial score (nSPS) is 12.0. The molecule has 0 bridgehead atoms.